The van der Waals surface area contributed by atoms with Gasteiger partial charge >= 0.3 is 5.97 Å². The molecule has 3 fully saturated rings. The second-order valence-electron chi connectivity index (χ2n) is 11.3. The molecule has 1 saturated carbocycles. The molecule has 4 unspecified atom stereocenters. The molecule has 8 heteroatoms. The minimum atomic E-state index is -0.423. The molecule has 1 aliphatic carbocycles. The molecule has 1 N–H and O–H groups in total. The van der Waals surface area contributed by atoms with Crippen LogP contribution in [0.4, 0.5) is 0 Å². The first-order valence-corrected chi connectivity index (χ1v) is 16.7. The van der Waals surface area contributed by atoms with Gasteiger partial charge in [-0.05, 0) is 74.7 Å². The summed E-state index contributed by atoms with van der Waals surface area (Å²) in [5.74, 6) is 8.55. The van der Waals surface area contributed by atoms with Gasteiger partial charge in [-0.3, -0.25) is 4.79 Å². The Balaban J connectivity index is 1.68. The van der Waals surface area contributed by atoms with Gasteiger partial charge in [-0.1, -0.05) is 26.0 Å². The van der Waals surface area contributed by atoms with Crippen LogP contribution in [0, 0.1) is 29.6 Å². The van der Waals surface area contributed by atoms with Crippen LogP contribution in [0.1, 0.15) is 90.9 Å². The van der Waals surface area contributed by atoms with Crippen molar-refractivity contribution in [1.29, 1.82) is 0 Å². The third kappa shape index (κ3) is 11.7. The monoisotopic (exact) mass is 580 g/mol. The minimum absolute atomic E-state index is 0.0727. The first kappa shape index (κ1) is 33.4. The van der Waals surface area contributed by atoms with Gasteiger partial charge in [0, 0.05) is 44.8 Å². The second-order valence-corrected chi connectivity index (χ2v) is 12.5. The topological polar surface area (TPSA) is 83.5 Å². The third-order valence-electron chi connectivity index (χ3n) is 8.11. The molecule has 0 amide bonds. The van der Waals surface area contributed by atoms with Crippen molar-refractivity contribution in [2.24, 2.45) is 17.8 Å². The van der Waals surface area contributed by atoms with Crippen LogP contribution in [0.5, 0.6) is 0 Å². The van der Waals surface area contributed by atoms with Crippen LogP contribution in [0.3, 0.4) is 0 Å². The molecule has 40 heavy (non-hydrogen) atoms. The van der Waals surface area contributed by atoms with Crippen LogP contribution in [-0.4, -0.2) is 73.8 Å². The Bertz CT molecular complexity index is 797. The Morgan fingerprint density at radius 2 is 1.85 bits per heavy atom. The highest BCUT2D eigenvalue weighted by Crippen LogP contribution is 2.40. The molecule has 0 aromatic rings. The van der Waals surface area contributed by atoms with E-state index in [2.05, 4.69) is 37.8 Å². The van der Waals surface area contributed by atoms with Gasteiger partial charge in [0.15, 0.2) is 12.6 Å². The fourth-order valence-electron chi connectivity index (χ4n) is 5.73. The second kappa shape index (κ2) is 19.2. The van der Waals surface area contributed by atoms with Crippen molar-refractivity contribution in [1.82, 2.24) is 0 Å². The van der Waals surface area contributed by atoms with Gasteiger partial charge in [-0.15, -0.1) is 11.8 Å². The Morgan fingerprint density at radius 1 is 1.10 bits per heavy atom. The number of carbonyl (C=O) groups is 1. The van der Waals surface area contributed by atoms with Crippen LogP contribution in [0.2, 0.25) is 0 Å². The van der Waals surface area contributed by atoms with E-state index in [1.807, 2.05) is 11.8 Å². The maximum atomic E-state index is 11.4. The molecule has 0 radical (unpaired) electrons. The highest BCUT2D eigenvalue weighted by molar-refractivity contribution is 7.99. The number of methoxy groups -OCH3 is 1. The van der Waals surface area contributed by atoms with Crippen LogP contribution in [0.25, 0.3) is 0 Å². The molecule has 0 bridgehead atoms. The first-order valence-electron chi connectivity index (χ1n) is 15.5. The molecule has 0 aromatic heterocycles. The van der Waals surface area contributed by atoms with Gasteiger partial charge in [0.2, 0.25) is 0 Å². The summed E-state index contributed by atoms with van der Waals surface area (Å²) in [5.41, 5.74) is 0. The predicted molar refractivity (Wildman–Crippen MR) is 159 cm³/mol. The summed E-state index contributed by atoms with van der Waals surface area (Å²) in [6, 6.07) is 0. The maximum absolute atomic E-state index is 11.4. The number of hydrogen-bond acceptors (Lipinski definition) is 8. The van der Waals surface area contributed by atoms with E-state index in [-0.39, 0.29) is 48.5 Å². The lowest BCUT2D eigenvalue weighted by atomic mass is 9.89. The van der Waals surface area contributed by atoms with Crippen molar-refractivity contribution in [2.75, 3.05) is 31.8 Å². The molecule has 0 spiro atoms. The molecule has 0 aromatic carbocycles. The van der Waals surface area contributed by atoms with Crippen LogP contribution in [0.15, 0.2) is 12.2 Å². The first-order chi connectivity index (χ1) is 19.5. The van der Waals surface area contributed by atoms with E-state index >= 15 is 0 Å². The zero-order valence-electron chi connectivity index (χ0n) is 24.9. The Kier molecular flexibility index (Phi) is 16.0. The molecule has 3 rings (SSSR count). The van der Waals surface area contributed by atoms with Crippen molar-refractivity contribution in [3.63, 3.8) is 0 Å². The van der Waals surface area contributed by atoms with Gasteiger partial charge < -0.3 is 28.8 Å². The molecule has 2 heterocycles. The van der Waals surface area contributed by atoms with E-state index in [4.69, 9.17) is 23.7 Å². The van der Waals surface area contributed by atoms with Gasteiger partial charge in [0.25, 0.3) is 0 Å². The summed E-state index contributed by atoms with van der Waals surface area (Å²) in [6.07, 6.45) is 14.0. The highest BCUT2D eigenvalue weighted by atomic mass is 32.2. The van der Waals surface area contributed by atoms with Crippen molar-refractivity contribution in [2.45, 2.75) is 122 Å². The van der Waals surface area contributed by atoms with Crippen LogP contribution in [-0.2, 0) is 28.5 Å². The molecule has 3 aliphatic rings. The fraction of sp³-hybridized carbons (Fsp3) is 0.844. The lowest BCUT2D eigenvalue weighted by molar-refractivity contribution is -0.193. The van der Waals surface area contributed by atoms with E-state index in [1.54, 1.807) is 0 Å². The van der Waals surface area contributed by atoms with E-state index < -0.39 is 6.10 Å². The van der Waals surface area contributed by atoms with Gasteiger partial charge in [0.05, 0.1) is 25.4 Å². The average molecular weight is 581 g/mol. The standard InChI is InChI=1S/C32H52O7S/c1-4-5-6-12-24(2)28(38-31-14-7-9-19-36-31)17-16-26-25(18-22-40-21-11-13-30(34)35-3)27(33)23-29(26)39-32-15-8-10-20-37-32/h16-17,24-29,31-33H,4,7-15,18-23H2,1-3H3/b17-16+/t24?,25-,26-,27+,28?,29-,31?,32?/m1/s1. The number of esters is 1. The van der Waals surface area contributed by atoms with E-state index in [0.29, 0.717) is 12.8 Å². The van der Waals surface area contributed by atoms with Crippen molar-refractivity contribution in [3.05, 3.63) is 12.2 Å². The Morgan fingerprint density at radius 3 is 2.52 bits per heavy atom. The summed E-state index contributed by atoms with van der Waals surface area (Å²) in [7, 11) is 1.43. The molecule has 7 nitrogen and oxygen atoms in total. The Labute approximate surface area is 246 Å². The molecule has 228 valence electrons. The zero-order chi connectivity index (χ0) is 28.6. The number of rotatable bonds is 15. The van der Waals surface area contributed by atoms with Crippen molar-refractivity contribution >= 4 is 17.7 Å². The quantitative estimate of drug-likeness (QED) is 0.111. The summed E-state index contributed by atoms with van der Waals surface area (Å²) >= 11 is 1.83. The number of hydrogen-bond donors (Lipinski definition) is 1. The fourth-order valence-corrected chi connectivity index (χ4v) is 6.72. The van der Waals surface area contributed by atoms with E-state index in [1.165, 1.54) is 7.11 Å². The number of ether oxygens (including phenoxy) is 5. The van der Waals surface area contributed by atoms with Gasteiger partial charge in [-0.25, -0.2) is 0 Å². The maximum Gasteiger partial charge on any atom is 0.305 e. The lowest BCUT2D eigenvalue weighted by Gasteiger charge is -2.31. The molecular formula is C32H52O7S. The SMILES string of the molecule is CCC#CCC(C)C(/C=C/[C@@H]1[C@@H](CCSCCCC(=O)OC)[C@@H](O)C[C@H]1OC1CCCCO1)OC1CCCCO1. The average Bonchev–Trinajstić information content (AvgIpc) is 3.26. The third-order valence-corrected chi connectivity index (χ3v) is 9.21. The number of carbonyl (C=O) groups excluding carboxylic acids is 1. The normalized spacial score (nSPS) is 30.5. The zero-order valence-corrected chi connectivity index (χ0v) is 25.7. The van der Waals surface area contributed by atoms with Crippen molar-refractivity contribution in [3.8, 4) is 11.8 Å². The summed E-state index contributed by atoms with van der Waals surface area (Å²) in [6.45, 7) is 5.74. The summed E-state index contributed by atoms with van der Waals surface area (Å²) in [5, 5.41) is 11.2. The van der Waals surface area contributed by atoms with Crippen LogP contribution >= 0.6 is 11.8 Å². The number of aliphatic hydroxyl groups excluding tert-OH is 1. The lowest BCUT2D eigenvalue weighted by Crippen LogP contribution is -2.32. The predicted octanol–water partition coefficient (Wildman–Crippen LogP) is 5.88. The van der Waals surface area contributed by atoms with E-state index in [0.717, 1.165) is 88.9 Å². The van der Waals surface area contributed by atoms with E-state index in [9.17, 15) is 9.90 Å². The summed E-state index contributed by atoms with van der Waals surface area (Å²) < 4.78 is 29.6. The Hall–Kier alpha value is -1.08. The molecule has 2 saturated heterocycles. The van der Waals surface area contributed by atoms with Crippen LogP contribution < -0.4 is 0 Å². The number of aliphatic hydroxyl groups is 1. The molecular weight excluding hydrogens is 528 g/mol. The smallest absolute Gasteiger partial charge is 0.305 e. The summed E-state index contributed by atoms with van der Waals surface area (Å²) in [4.78, 5) is 11.4. The molecule has 8 atom stereocenters. The van der Waals surface area contributed by atoms with Crippen molar-refractivity contribution < 1.29 is 33.6 Å². The highest BCUT2D eigenvalue weighted by Gasteiger charge is 2.43. The minimum Gasteiger partial charge on any atom is -0.469 e. The number of thioether (sulfide) groups is 1. The van der Waals surface area contributed by atoms with Gasteiger partial charge in [-0.2, -0.15) is 11.8 Å². The molecule has 2 aliphatic heterocycles. The largest absolute Gasteiger partial charge is 0.469 e. The van der Waals surface area contributed by atoms with Gasteiger partial charge in [0.1, 0.15) is 0 Å².